The average molecular weight is 348 g/mol. The second kappa shape index (κ2) is 8.00. The highest BCUT2D eigenvalue weighted by molar-refractivity contribution is 8.00. The third-order valence-corrected chi connectivity index (χ3v) is 4.81. The van der Waals surface area contributed by atoms with Gasteiger partial charge < -0.3 is 5.32 Å². The molecule has 5 heteroatoms. The predicted octanol–water partition coefficient (Wildman–Crippen LogP) is 4.60. The van der Waals surface area contributed by atoms with Gasteiger partial charge in [-0.2, -0.15) is 5.26 Å². The first-order valence-electron chi connectivity index (χ1n) is 8.32. The molecule has 0 fully saturated rings. The van der Waals surface area contributed by atoms with E-state index in [9.17, 15) is 5.26 Å². The van der Waals surface area contributed by atoms with Crippen LogP contribution in [0.1, 0.15) is 18.1 Å². The second-order valence-electron chi connectivity index (χ2n) is 5.83. The zero-order valence-electron chi connectivity index (χ0n) is 14.4. The number of rotatable bonds is 6. The molecule has 0 saturated carbocycles. The third-order valence-electron chi connectivity index (χ3n) is 3.86. The standard InChI is InChI=1S/C20H20N4S/c1-3-22-19-17-6-4-5-7-18(17)23-20(24-19)25-16(13-21)12-15-10-8-14(2)9-11-15/h4-11,16H,3,12H2,1-2H3,(H,22,23,24). The molecule has 4 nitrogen and oxygen atoms in total. The smallest absolute Gasteiger partial charge is 0.191 e. The van der Waals surface area contributed by atoms with Crippen LogP contribution in [-0.4, -0.2) is 21.8 Å². The Balaban J connectivity index is 1.85. The molecule has 1 aromatic heterocycles. The van der Waals surface area contributed by atoms with E-state index >= 15 is 0 Å². The molecule has 0 aliphatic heterocycles. The highest BCUT2D eigenvalue weighted by atomic mass is 32.2. The zero-order chi connectivity index (χ0) is 17.6. The molecular weight excluding hydrogens is 328 g/mol. The van der Waals surface area contributed by atoms with Gasteiger partial charge >= 0.3 is 0 Å². The summed E-state index contributed by atoms with van der Waals surface area (Å²) in [6.07, 6.45) is 0.675. The maximum Gasteiger partial charge on any atom is 0.191 e. The maximum absolute atomic E-state index is 9.55. The van der Waals surface area contributed by atoms with Gasteiger partial charge in [-0.05, 0) is 38.0 Å². The molecule has 0 amide bonds. The molecule has 0 radical (unpaired) electrons. The summed E-state index contributed by atoms with van der Waals surface area (Å²) >= 11 is 1.42. The molecule has 3 aromatic rings. The Morgan fingerprint density at radius 3 is 2.60 bits per heavy atom. The van der Waals surface area contributed by atoms with Gasteiger partial charge in [0.05, 0.1) is 11.6 Å². The first-order chi connectivity index (χ1) is 12.2. The number of anilines is 1. The van der Waals surface area contributed by atoms with Gasteiger partial charge in [0.2, 0.25) is 0 Å². The Morgan fingerprint density at radius 2 is 1.88 bits per heavy atom. The first-order valence-corrected chi connectivity index (χ1v) is 9.20. The summed E-state index contributed by atoms with van der Waals surface area (Å²) in [4.78, 5) is 9.25. The molecule has 1 heterocycles. The molecule has 1 atom stereocenters. The summed E-state index contributed by atoms with van der Waals surface area (Å²) in [6, 6.07) is 18.6. The zero-order valence-corrected chi connectivity index (χ0v) is 15.2. The Hall–Kier alpha value is -2.58. The van der Waals surface area contributed by atoms with Crippen LogP contribution in [0, 0.1) is 18.3 Å². The van der Waals surface area contributed by atoms with E-state index in [4.69, 9.17) is 0 Å². The first kappa shape index (κ1) is 17.2. The van der Waals surface area contributed by atoms with Crippen LogP contribution in [0.5, 0.6) is 0 Å². The fraction of sp³-hybridized carbons (Fsp3) is 0.250. The molecule has 1 N–H and O–H groups in total. The van der Waals surface area contributed by atoms with Crippen LogP contribution >= 0.6 is 11.8 Å². The lowest BCUT2D eigenvalue weighted by molar-refractivity contribution is 0.966. The molecule has 0 spiro atoms. The number of hydrogen-bond acceptors (Lipinski definition) is 5. The van der Waals surface area contributed by atoms with Crippen molar-refractivity contribution >= 4 is 28.5 Å². The number of benzene rings is 2. The van der Waals surface area contributed by atoms with Gasteiger partial charge in [0.15, 0.2) is 5.16 Å². The van der Waals surface area contributed by atoms with Crippen LogP contribution in [0.25, 0.3) is 10.9 Å². The number of para-hydroxylation sites is 1. The monoisotopic (exact) mass is 348 g/mol. The normalized spacial score (nSPS) is 11.9. The SMILES string of the molecule is CCNc1nc(SC(C#N)Cc2ccc(C)cc2)nc2ccccc12. The molecule has 0 aliphatic rings. The van der Waals surface area contributed by atoms with Crippen LogP contribution in [0.15, 0.2) is 53.7 Å². The van der Waals surface area contributed by atoms with Crippen molar-refractivity contribution in [2.24, 2.45) is 0 Å². The highest BCUT2D eigenvalue weighted by Crippen LogP contribution is 2.28. The Kier molecular flexibility index (Phi) is 5.52. The van der Waals surface area contributed by atoms with Crippen LogP contribution < -0.4 is 5.32 Å². The molecule has 25 heavy (non-hydrogen) atoms. The van der Waals surface area contributed by atoms with E-state index in [-0.39, 0.29) is 5.25 Å². The number of nitrogens with zero attached hydrogens (tertiary/aromatic N) is 3. The van der Waals surface area contributed by atoms with Gasteiger partial charge in [-0.3, -0.25) is 0 Å². The quantitative estimate of drug-likeness (QED) is 0.521. The van der Waals surface area contributed by atoms with Crippen molar-refractivity contribution < 1.29 is 0 Å². The molecule has 1 unspecified atom stereocenters. The van der Waals surface area contributed by atoms with Crippen molar-refractivity contribution in [1.29, 1.82) is 5.26 Å². The average Bonchev–Trinajstić information content (AvgIpc) is 2.63. The van der Waals surface area contributed by atoms with E-state index in [1.165, 1.54) is 17.3 Å². The summed E-state index contributed by atoms with van der Waals surface area (Å²) in [5.74, 6) is 0.822. The van der Waals surface area contributed by atoms with Gasteiger partial charge in [0.25, 0.3) is 0 Å². The van der Waals surface area contributed by atoms with E-state index < -0.39 is 0 Å². The van der Waals surface area contributed by atoms with Crippen molar-refractivity contribution in [1.82, 2.24) is 9.97 Å². The van der Waals surface area contributed by atoms with Crippen LogP contribution in [0.2, 0.25) is 0 Å². The highest BCUT2D eigenvalue weighted by Gasteiger charge is 2.15. The van der Waals surface area contributed by atoms with Crippen molar-refractivity contribution in [2.45, 2.75) is 30.7 Å². The number of hydrogen-bond donors (Lipinski definition) is 1. The Bertz CT molecular complexity index is 900. The minimum absolute atomic E-state index is 0.224. The Morgan fingerprint density at radius 1 is 1.12 bits per heavy atom. The Labute approximate surface area is 152 Å². The van der Waals surface area contributed by atoms with Gasteiger partial charge in [-0.25, -0.2) is 9.97 Å². The van der Waals surface area contributed by atoms with Gasteiger partial charge in [0, 0.05) is 11.9 Å². The third kappa shape index (κ3) is 4.28. The number of nitriles is 1. The summed E-state index contributed by atoms with van der Waals surface area (Å²) in [6.45, 7) is 4.89. The topological polar surface area (TPSA) is 61.6 Å². The minimum Gasteiger partial charge on any atom is -0.370 e. The van der Waals surface area contributed by atoms with Crippen molar-refractivity contribution in [3.63, 3.8) is 0 Å². The van der Waals surface area contributed by atoms with Crippen molar-refractivity contribution in [2.75, 3.05) is 11.9 Å². The van der Waals surface area contributed by atoms with Crippen LogP contribution in [-0.2, 0) is 6.42 Å². The summed E-state index contributed by atoms with van der Waals surface area (Å²) in [5, 5.41) is 14.2. The summed E-state index contributed by atoms with van der Waals surface area (Å²) in [5.41, 5.74) is 3.26. The van der Waals surface area contributed by atoms with Crippen molar-refractivity contribution in [3.8, 4) is 6.07 Å². The fourth-order valence-electron chi connectivity index (χ4n) is 2.59. The lowest BCUT2D eigenvalue weighted by Crippen LogP contribution is -2.07. The van der Waals surface area contributed by atoms with E-state index in [0.717, 1.165) is 28.8 Å². The molecule has 0 bridgehead atoms. The number of aromatic nitrogens is 2. The predicted molar refractivity (Wildman–Crippen MR) is 104 cm³/mol. The minimum atomic E-state index is -0.224. The molecule has 0 saturated heterocycles. The van der Waals surface area contributed by atoms with Crippen molar-refractivity contribution in [3.05, 3.63) is 59.7 Å². The lowest BCUT2D eigenvalue weighted by atomic mass is 10.1. The summed E-state index contributed by atoms with van der Waals surface area (Å²) < 4.78 is 0. The van der Waals surface area contributed by atoms with Crippen LogP contribution in [0.3, 0.4) is 0 Å². The largest absolute Gasteiger partial charge is 0.370 e. The van der Waals surface area contributed by atoms with Gasteiger partial charge in [-0.1, -0.05) is 53.7 Å². The second-order valence-corrected chi connectivity index (χ2v) is 7.00. The molecular formula is C20H20N4S. The molecule has 2 aromatic carbocycles. The van der Waals surface area contributed by atoms with Gasteiger partial charge in [-0.15, -0.1) is 0 Å². The molecule has 3 rings (SSSR count). The summed E-state index contributed by atoms with van der Waals surface area (Å²) in [7, 11) is 0. The number of aryl methyl sites for hydroxylation is 1. The number of thioether (sulfide) groups is 1. The van der Waals surface area contributed by atoms with E-state index in [0.29, 0.717) is 11.6 Å². The molecule has 0 aliphatic carbocycles. The molecule has 126 valence electrons. The lowest BCUT2D eigenvalue weighted by Gasteiger charge is -2.11. The number of fused-ring (bicyclic) bond motifs is 1. The van der Waals surface area contributed by atoms with E-state index in [2.05, 4.69) is 52.5 Å². The van der Waals surface area contributed by atoms with E-state index in [1.54, 1.807) is 0 Å². The van der Waals surface area contributed by atoms with Gasteiger partial charge in [0.1, 0.15) is 11.1 Å². The van der Waals surface area contributed by atoms with E-state index in [1.807, 2.05) is 31.2 Å². The van der Waals surface area contributed by atoms with Crippen LogP contribution in [0.4, 0.5) is 5.82 Å². The maximum atomic E-state index is 9.55. The number of nitrogens with one attached hydrogen (secondary N) is 1. The fourth-order valence-corrected chi connectivity index (χ4v) is 3.47.